The number of hydrogen-bond acceptors (Lipinski definition) is 4. The van der Waals surface area contributed by atoms with Crippen LogP contribution in [0.25, 0.3) is 11.2 Å². The third-order valence-corrected chi connectivity index (χ3v) is 5.37. The maximum atomic E-state index is 12.5. The first-order valence-electron chi connectivity index (χ1n) is 9.86. The Bertz CT molecular complexity index is 868. The quantitative estimate of drug-likeness (QED) is 0.802. The van der Waals surface area contributed by atoms with E-state index in [1.165, 1.54) is 23.8 Å². The van der Waals surface area contributed by atoms with Gasteiger partial charge in [-0.25, -0.2) is 4.79 Å². The molecule has 1 aliphatic rings. The lowest BCUT2D eigenvalue weighted by molar-refractivity contribution is 0.351. The van der Waals surface area contributed by atoms with Gasteiger partial charge in [-0.15, -0.1) is 0 Å². The minimum absolute atomic E-state index is 0.338. The van der Waals surface area contributed by atoms with Gasteiger partial charge in [0.25, 0.3) is 5.56 Å². The molecular formula is C19H31N5O2. The normalized spacial score (nSPS) is 20.8. The van der Waals surface area contributed by atoms with Crippen LogP contribution in [0.15, 0.2) is 9.59 Å². The second-order valence-corrected chi connectivity index (χ2v) is 7.97. The highest BCUT2D eigenvalue weighted by Gasteiger charge is 2.27. The maximum Gasteiger partial charge on any atom is 0.329 e. The number of H-pyrrole nitrogens is 1. The summed E-state index contributed by atoms with van der Waals surface area (Å²) in [5.74, 6) is 2.02. The molecule has 2 aromatic heterocycles. The van der Waals surface area contributed by atoms with Crippen molar-refractivity contribution < 1.29 is 0 Å². The number of anilines is 1. The molecule has 2 unspecified atom stereocenters. The summed E-state index contributed by atoms with van der Waals surface area (Å²) in [6.45, 7) is 9.35. The number of nitrogens with one attached hydrogen (secondary N) is 1. The van der Waals surface area contributed by atoms with Gasteiger partial charge in [-0.3, -0.25) is 14.3 Å². The predicted molar refractivity (Wildman–Crippen MR) is 105 cm³/mol. The predicted octanol–water partition coefficient (Wildman–Crippen LogP) is 2.49. The van der Waals surface area contributed by atoms with E-state index in [0.29, 0.717) is 23.0 Å². The van der Waals surface area contributed by atoms with Crippen LogP contribution in [0.2, 0.25) is 0 Å². The first-order valence-corrected chi connectivity index (χ1v) is 9.86. The van der Waals surface area contributed by atoms with Crippen molar-refractivity contribution in [1.29, 1.82) is 0 Å². The van der Waals surface area contributed by atoms with E-state index in [-0.39, 0.29) is 5.56 Å². The molecule has 1 N–H and O–H groups in total. The number of nitrogens with zero attached hydrogens (tertiary/aromatic N) is 4. The average molecular weight is 361 g/mol. The molecule has 7 heteroatoms. The summed E-state index contributed by atoms with van der Waals surface area (Å²) in [6.07, 6.45) is 5.72. The van der Waals surface area contributed by atoms with E-state index in [0.717, 1.165) is 38.4 Å². The Labute approximate surface area is 154 Å². The monoisotopic (exact) mass is 361 g/mol. The number of hydrogen-bond donors (Lipinski definition) is 1. The first-order chi connectivity index (χ1) is 12.4. The van der Waals surface area contributed by atoms with Crippen molar-refractivity contribution in [2.75, 3.05) is 18.0 Å². The molecular weight excluding hydrogens is 330 g/mol. The van der Waals surface area contributed by atoms with Crippen LogP contribution in [0.5, 0.6) is 0 Å². The number of piperidine rings is 1. The third kappa shape index (κ3) is 3.57. The molecule has 1 fully saturated rings. The molecule has 1 saturated heterocycles. The van der Waals surface area contributed by atoms with Gasteiger partial charge in [-0.2, -0.15) is 4.98 Å². The Morgan fingerprint density at radius 3 is 2.46 bits per heavy atom. The molecule has 0 aromatic carbocycles. The summed E-state index contributed by atoms with van der Waals surface area (Å²) >= 11 is 0. The Balaban J connectivity index is 2.08. The Kier molecular flexibility index (Phi) is 5.53. The molecule has 3 heterocycles. The van der Waals surface area contributed by atoms with Gasteiger partial charge in [0.1, 0.15) is 0 Å². The van der Waals surface area contributed by atoms with Crippen LogP contribution < -0.4 is 16.1 Å². The van der Waals surface area contributed by atoms with E-state index in [9.17, 15) is 9.59 Å². The largest absolute Gasteiger partial charge is 0.342 e. The van der Waals surface area contributed by atoms with Gasteiger partial charge in [-0.1, -0.05) is 40.0 Å². The van der Waals surface area contributed by atoms with Crippen LogP contribution in [-0.4, -0.2) is 32.2 Å². The standard InChI is InChI=1S/C19H31N5O2/c1-5-6-7-8-9-24-15-16(22(4)19(26)21-17(15)25)20-18(24)23-11-13(2)10-14(3)12-23/h13-14H,5-12H2,1-4H3,(H,21,25,26). The smallest absolute Gasteiger partial charge is 0.329 e. The lowest BCUT2D eigenvalue weighted by Crippen LogP contribution is -2.40. The Morgan fingerprint density at radius 1 is 1.12 bits per heavy atom. The molecule has 1 aliphatic heterocycles. The topological polar surface area (TPSA) is 75.9 Å². The van der Waals surface area contributed by atoms with Crippen LogP contribution in [0.4, 0.5) is 5.95 Å². The van der Waals surface area contributed by atoms with E-state index in [1.807, 2.05) is 4.57 Å². The molecule has 0 saturated carbocycles. The molecule has 2 atom stereocenters. The highest BCUT2D eigenvalue weighted by molar-refractivity contribution is 5.74. The summed E-state index contributed by atoms with van der Waals surface area (Å²) in [7, 11) is 1.67. The summed E-state index contributed by atoms with van der Waals surface area (Å²) < 4.78 is 3.48. The number of fused-ring (bicyclic) bond motifs is 1. The third-order valence-electron chi connectivity index (χ3n) is 5.37. The van der Waals surface area contributed by atoms with Gasteiger partial charge in [0.05, 0.1) is 0 Å². The fourth-order valence-electron chi connectivity index (χ4n) is 4.20. The molecule has 0 bridgehead atoms. The fourth-order valence-corrected chi connectivity index (χ4v) is 4.20. The number of unbranched alkanes of at least 4 members (excludes halogenated alkanes) is 3. The van der Waals surface area contributed by atoms with Gasteiger partial charge < -0.3 is 9.47 Å². The van der Waals surface area contributed by atoms with E-state index in [2.05, 4.69) is 30.7 Å². The van der Waals surface area contributed by atoms with Crippen LogP contribution in [0.3, 0.4) is 0 Å². The van der Waals surface area contributed by atoms with Crippen LogP contribution >= 0.6 is 0 Å². The summed E-state index contributed by atoms with van der Waals surface area (Å²) in [5, 5.41) is 0. The van der Waals surface area contributed by atoms with Gasteiger partial charge in [0.15, 0.2) is 11.2 Å². The molecule has 0 radical (unpaired) electrons. The zero-order valence-corrected chi connectivity index (χ0v) is 16.4. The van der Waals surface area contributed by atoms with Crippen molar-refractivity contribution in [3.05, 3.63) is 20.8 Å². The van der Waals surface area contributed by atoms with Gasteiger partial charge >= 0.3 is 5.69 Å². The molecule has 144 valence electrons. The zero-order valence-electron chi connectivity index (χ0n) is 16.4. The van der Waals surface area contributed by atoms with E-state index >= 15 is 0 Å². The lowest BCUT2D eigenvalue weighted by Gasteiger charge is -2.35. The zero-order chi connectivity index (χ0) is 18.8. The number of imidazole rings is 1. The Hall–Kier alpha value is -2.05. The van der Waals surface area contributed by atoms with Crippen molar-refractivity contribution in [3.8, 4) is 0 Å². The minimum atomic E-state index is -0.412. The molecule has 2 aromatic rings. The van der Waals surface area contributed by atoms with Gasteiger partial charge in [0, 0.05) is 26.7 Å². The SMILES string of the molecule is CCCCCCn1c(N2CC(C)CC(C)C2)nc2c1c(=O)[nH]c(=O)n2C. The highest BCUT2D eigenvalue weighted by atomic mass is 16.2. The fraction of sp³-hybridized carbons (Fsp3) is 0.737. The van der Waals surface area contributed by atoms with E-state index in [4.69, 9.17) is 4.98 Å². The van der Waals surface area contributed by atoms with Crippen LogP contribution in [0, 0.1) is 11.8 Å². The average Bonchev–Trinajstić information content (AvgIpc) is 2.96. The van der Waals surface area contributed by atoms with Gasteiger partial charge in [-0.05, 0) is 24.7 Å². The highest BCUT2D eigenvalue weighted by Crippen LogP contribution is 2.28. The van der Waals surface area contributed by atoms with E-state index < -0.39 is 5.69 Å². The summed E-state index contributed by atoms with van der Waals surface area (Å²) in [4.78, 5) is 34.0. The molecule has 7 nitrogen and oxygen atoms in total. The summed E-state index contributed by atoms with van der Waals surface area (Å²) in [6, 6.07) is 0. The molecule has 3 rings (SSSR count). The Morgan fingerprint density at radius 2 is 1.81 bits per heavy atom. The molecule has 0 spiro atoms. The molecule has 0 amide bonds. The van der Waals surface area contributed by atoms with E-state index in [1.54, 1.807) is 7.05 Å². The van der Waals surface area contributed by atoms with Crippen molar-refractivity contribution >= 4 is 17.1 Å². The number of aromatic amines is 1. The van der Waals surface area contributed by atoms with Crippen molar-refractivity contribution in [2.24, 2.45) is 18.9 Å². The second-order valence-electron chi connectivity index (χ2n) is 7.97. The van der Waals surface area contributed by atoms with Gasteiger partial charge in [0.2, 0.25) is 5.95 Å². The number of aryl methyl sites for hydroxylation is 2. The summed E-state index contributed by atoms with van der Waals surface area (Å²) in [5.41, 5.74) is 0.250. The van der Waals surface area contributed by atoms with Crippen LogP contribution in [0.1, 0.15) is 52.9 Å². The molecule has 0 aliphatic carbocycles. The maximum absolute atomic E-state index is 12.5. The molecule has 26 heavy (non-hydrogen) atoms. The van der Waals surface area contributed by atoms with Crippen molar-refractivity contribution in [2.45, 2.75) is 59.4 Å². The minimum Gasteiger partial charge on any atom is -0.342 e. The van der Waals surface area contributed by atoms with Crippen LogP contribution in [-0.2, 0) is 13.6 Å². The second kappa shape index (κ2) is 7.68. The number of rotatable bonds is 6. The number of aromatic nitrogens is 4. The lowest BCUT2D eigenvalue weighted by atomic mass is 9.92. The van der Waals surface area contributed by atoms with Crippen molar-refractivity contribution in [3.63, 3.8) is 0 Å². The van der Waals surface area contributed by atoms with Crippen molar-refractivity contribution in [1.82, 2.24) is 19.1 Å². The first kappa shape index (κ1) is 18.7.